The van der Waals surface area contributed by atoms with Crippen molar-refractivity contribution >= 4 is 15.9 Å². The quantitative estimate of drug-likeness (QED) is 0.881. The van der Waals surface area contributed by atoms with Gasteiger partial charge in [0, 0.05) is 11.6 Å². The van der Waals surface area contributed by atoms with Crippen molar-refractivity contribution < 1.29 is 13.2 Å². The molecule has 0 saturated carbocycles. The van der Waals surface area contributed by atoms with E-state index in [9.17, 15) is 13.2 Å². The molecule has 106 valence electrons. The Morgan fingerprint density at radius 1 is 1.21 bits per heavy atom. The zero-order valence-electron chi connectivity index (χ0n) is 11.6. The van der Waals surface area contributed by atoms with Gasteiger partial charge in [-0.15, -0.1) is 0 Å². The van der Waals surface area contributed by atoms with E-state index < -0.39 is 10.0 Å². The van der Waals surface area contributed by atoms with Gasteiger partial charge in [-0.05, 0) is 36.6 Å². The zero-order valence-corrected chi connectivity index (χ0v) is 12.4. The minimum absolute atomic E-state index is 0.00193. The summed E-state index contributed by atoms with van der Waals surface area (Å²) in [5, 5.41) is 7.87. The fourth-order valence-corrected chi connectivity index (χ4v) is 1.81. The van der Waals surface area contributed by atoms with Crippen LogP contribution in [0.25, 0.3) is 0 Å². The number of hydrogen-bond donors (Lipinski definition) is 2. The number of nitrogens with one attached hydrogen (secondary N) is 1. The highest BCUT2D eigenvalue weighted by Gasteiger charge is 2.22. The van der Waals surface area contributed by atoms with Crippen molar-refractivity contribution in [3.63, 3.8) is 0 Å². The Morgan fingerprint density at radius 3 is 2.05 bits per heavy atom. The molecule has 0 aliphatic rings. The summed E-state index contributed by atoms with van der Waals surface area (Å²) in [4.78, 5) is 12.0. The summed E-state index contributed by atoms with van der Waals surface area (Å²) >= 11 is 0. The standard InChI is InChI=1S/C13H20N2O3S/c1-9(13(2,3)4)15-12(16)10-5-7-11(8-6-10)19(14,17)18/h5-9H,1-4H3,(H,15,16)(H2,14,17,18). The summed E-state index contributed by atoms with van der Waals surface area (Å²) in [6.45, 7) is 8.02. The number of nitrogens with two attached hydrogens (primary N) is 1. The van der Waals surface area contributed by atoms with Crippen LogP contribution < -0.4 is 10.5 Å². The van der Waals surface area contributed by atoms with Gasteiger partial charge in [-0.25, -0.2) is 13.6 Å². The van der Waals surface area contributed by atoms with E-state index in [0.29, 0.717) is 5.56 Å². The Kier molecular flexibility index (Phi) is 4.37. The van der Waals surface area contributed by atoms with Gasteiger partial charge in [-0.1, -0.05) is 20.8 Å². The fourth-order valence-electron chi connectivity index (χ4n) is 1.29. The molecule has 0 aliphatic carbocycles. The fraction of sp³-hybridized carbons (Fsp3) is 0.462. The van der Waals surface area contributed by atoms with E-state index in [1.807, 2.05) is 27.7 Å². The number of rotatable bonds is 3. The molecule has 3 N–H and O–H groups in total. The minimum atomic E-state index is -3.72. The number of carbonyl (C=O) groups is 1. The van der Waals surface area contributed by atoms with Gasteiger partial charge >= 0.3 is 0 Å². The van der Waals surface area contributed by atoms with Crippen LogP contribution in [0.3, 0.4) is 0 Å². The minimum Gasteiger partial charge on any atom is -0.349 e. The summed E-state index contributed by atoms with van der Waals surface area (Å²) in [6, 6.07) is 5.55. The summed E-state index contributed by atoms with van der Waals surface area (Å²) in [7, 11) is -3.72. The first-order valence-electron chi connectivity index (χ1n) is 5.95. The van der Waals surface area contributed by atoms with Crippen LogP contribution in [0.4, 0.5) is 0 Å². The van der Waals surface area contributed by atoms with Crippen molar-refractivity contribution in [3.05, 3.63) is 29.8 Å². The number of benzene rings is 1. The Hall–Kier alpha value is -1.40. The molecule has 19 heavy (non-hydrogen) atoms. The summed E-state index contributed by atoms with van der Waals surface area (Å²) < 4.78 is 22.2. The van der Waals surface area contributed by atoms with E-state index in [1.165, 1.54) is 24.3 Å². The summed E-state index contributed by atoms with van der Waals surface area (Å²) in [5.41, 5.74) is 0.361. The van der Waals surface area contributed by atoms with Crippen molar-refractivity contribution in [2.45, 2.75) is 38.6 Å². The topological polar surface area (TPSA) is 89.3 Å². The molecule has 0 saturated heterocycles. The molecule has 1 aromatic rings. The molecule has 0 radical (unpaired) electrons. The monoisotopic (exact) mass is 284 g/mol. The maximum atomic E-state index is 12.0. The van der Waals surface area contributed by atoms with Gasteiger partial charge in [0.15, 0.2) is 0 Å². The van der Waals surface area contributed by atoms with E-state index >= 15 is 0 Å². The molecule has 1 unspecified atom stereocenters. The zero-order chi connectivity index (χ0) is 14.8. The molecule has 1 atom stereocenters. The SMILES string of the molecule is CC(NC(=O)c1ccc(S(N)(=O)=O)cc1)C(C)(C)C. The van der Waals surface area contributed by atoms with E-state index in [4.69, 9.17) is 5.14 Å². The van der Waals surface area contributed by atoms with Crippen molar-refractivity contribution in [3.8, 4) is 0 Å². The average molecular weight is 284 g/mol. The third-order valence-corrected chi connectivity index (χ3v) is 4.02. The van der Waals surface area contributed by atoms with Gasteiger partial charge in [-0.2, -0.15) is 0 Å². The van der Waals surface area contributed by atoms with E-state index in [1.54, 1.807) is 0 Å². The van der Waals surface area contributed by atoms with Crippen molar-refractivity contribution in [2.75, 3.05) is 0 Å². The smallest absolute Gasteiger partial charge is 0.251 e. The van der Waals surface area contributed by atoms with Crippen LogP contribution in [-0.4, -0.2) is 20.4 Å². The molecular formula is C13H20N2O3S. The van der Waals surface area contributed by atoms with Gasteiger partial charge in [0.05, 0.1) is 4.90 Å². The van der Waals surface area contributed by atoms with Gasteiger partial charge < -0.3 is 5.32 Å². The van der Waals surface area contributed by atoms with E-state index in [-0.39, 0.29) is 22.3 Å². The lowest BCUT2D eigenvalue weighted by molar-refractivity contribution is 0.0910. The molecule has 0 heterocycles. The van der Waals surface area contributed by atoms with Gasteiger partial charge in [0.25, 0.3) is 5.91 Å². The Morgan fingerprint density at radius 2 is 1.68 bits per heavy atom. The van der Waals surface area contributed by atoms with Gasteiger partial charge in [0.1, 0.15) is 0 Å². The molecule has 1 amide bonds. The lowest BCUT2D eigenvalue weighted by Crippen LogP contribution is -2.41. The van der Waals surface area contributed by atoms with Crippen molar-refractivity contribution in [1.82, 2.24) is 5.32 Å². The van der Waals surface area contributed by atoms with Crippen LogP contribution in [-0.2, 0) is 10.0 Å². The summed E-state index contributed by atoms with van der Waals surface area (Å²) in [6.07, 6.45) is 0. The van der Waals surface area contributed by atoms with Crippen LogP contribution in [0, 0.1) is 5.41 Å². The molecule has 0 fully saturated rings. The normalized spacial score (nSPS) is 13.9. The molecule has 0 bridgehead atoms. The van der Waals surface area contributed by atoms with Crippen LogP contribution >= 0.6 is 0 Å². The van der Waals surface area contributed by atoms with Crippen LogP contribution in [0.5, 0.6) is 0 Å². The second-order valence-electron chi connectivity index (χ2n) is 5.63. The molecule has 5 nitrogen and oxygen atoms in total. The maximum absolute atomic E-state index is 12.0. The van der Waals surface area contributed by atoms with E-state index in [0.717, 1.165) is 0 Å². The lowest BCUT2D eigenvalue weighted by Gasteiger charge is -2.28. The highest BCUT2D eigenvalue weighted by atomic mass is 32.2. The van der Waals surface area contributed by atoms with Crippen LogP contribution in [0.2, 0.25) is 0 Å². The Bertz CT molecular complexity index is 557. The Balaban J connectivity index is 2.85. The second-order valence-corrected chi connectivity index (χ2v) is 7.19. The second kappa shape index (κ2) is 5.30. The summed E-state index contributed by atoms with van der Waals surface area (Å²) in [5.74, 6) is -0.233. The van der Waals surface area contributed by atoms with Crippen LogP contribution in [0.15, 0.2) is 29.2 Å². The molecule has 0 spiro atoms. The highest BCUT2D eigenvalue weighted by Crippen LogP contribution is 2.19. The Labute approximate surface area is 114 Å². The molecule has 0 aromatic heterocycles. The van der Waals surface area contributed by atoms with Crippen molar-refractivity contribution in [1.29, 1.82) is 0 Å². The first-order valence-corrected chi connectivity index (χ1v) is 7.50. The van der Waals surface area contributed by atoms with Gasteiger partial charge in [0.2, 0.25) is 10.0 Å². The largest absolute Gasteiger partial charge is 0.349 e. The average Bonchev–Trinajstić information content (AvgIpc) is 2.26. The first-order chi connectivity index (χ1) is 8.51. The third kappa shape index (κ3) is 4.33. The predicted molar refractivity (Wildman–Crippen MR) is 74.2 cm³/mol. The number of primary sulfonamides is 1. The lowest BCUT2D eigenvalue weighted by atomic mass is 9.88. The number of sulfonamides is 1. The number of amides is 1. The number of hydrogen-bond acceptors (Lipinski definition) is 3. The van der Waals surface area contributed by atoms with Crippen molar-refractivity contribution in [2.24, 2.45) is 10.6 Å². The predicted octanol–water partition coefficient (Wildman–Crippen LogP) is 1.50. The third-order valence-electron chi connectivity index (χ3n) is 3.09. The van der Waals surface area contributed by atoms with Gasteiger partial charge in [-0.3, -0.25) is 4.79 Å². The number of carbonyl (C=O) groups excluding carboxylic acids is 1. The van der Waals surface area contributed by atoms with E-state index in [2.05, 4.69) is 5.32 Å². The first kappa shape index (κ1) is 15.7. The molecular weight excluding hydrogens is 264 g/mol. The highest BCUT2D eigenvalue weighted by molar-refractivity contribution is 7.89. The molecule has 1 aromatic carbocycles. The maximum Gasteiger partial charge on any atom is 0.251 e. The molecule has 0 aliphatic heterocycles. The molecule has 6 heteroatoms. The van der Waals surface area contributed by atoms with Crippen LogP contribution in [0.1, 0.15) is 38.1 Å². The molecule has 1 rings (SSSR count).